The van der Waals surface area contributed by atoms with Crippen LogP contribution in [0.2, 0.25) is 0 Å². The minimum absolute atomic E-state index is 0.106. The fourth-order valence-corrected chi connectivity index (χ4v) is 1.44. The van der Waals surface area contributed by atoms with Crippen LogP contribution >= 0.6 is 0 Å². The van der Waals surface area contributed by atoms with E-state index in [1.807, 2.05) is 0 Å². The van der Waals surface area contributed by atoms with E-state index in [9.17, 15) is 4.79 Å². The number of phenols is 1. The molecule has 4 heteroatoms. The Balaban J connectivity index is 2.32. The third-order valence-electron chi connectivity index (χ3n) is 2.49. The number of likely N-dealkylation sites (N-methyl/N-ethyl adjacent to an activating group) is 1. The molecule has 16 heavy (non-hydrogen) atoms. The monoisotopic (exact) mass is 216 g/mol. The van der Waals surface area contributed by atoms with Crippen molar-refractivity contribution < 1.29 is 9.90 Å². The Morgan fingerprint density at radius 1 is 1.31 bits per heavy atom. The zero-order valence-electron chi connectivity index (χ0n) is 9.14. The van der Waals surface area contributed by atoms with Crippen molar-refractivity contribution in [3.05, 3.63) is 35.5 Å². The molecule has 0 aromatic heterocycles. The maximum absolute atomic E-state index is 11.7. The summed E-state index contributed by atoms with van der Waals surface area (Å²) >= 11 is 0. The van der Waals surface area contributed by atoms with E-state index >= 15 is 0 Å². The maximum Gasteiger partial charge on any atom is 0.277 e. The molecule has 1 aromatic rings. The highest BCUT2D eigenvalue weighted by Crippen LogP contribution is 2.18. The van der Waals surface area contributed by atoms with E-state index in [1.165, 1.54) is 4.90 Å². The Morgan fingerprint density at radius 2 is 1.94 bits per heavy atom. The van der Waals surface area contributed by atoms with Crippen molar-refractivity contribution in [2.24, 2.45) is 4.99 Å². The summed E-state index contributed by atoms with van der Waals surface area (Å²) in [6, 6.07) is 6.62. The first-order valence-electron chi connectivity index (χ1n) is 4.92. The second-order valence-corrected chi connectivity index (χ2v) is 3.64. The summed E-state index contributed by atoms with van der Waals surface area (Å²) in [4.78, 5) is 17.3. The molecule has 82 valence electrons. The number of carbonyl (C=O) groups excluding carboxylic acids is 1. The quantitative estimate of drug-likeness (QED) is 0.725. The molecule has 2 rings (SSSR count). The van der Waals surface area contributed by atoms with Gasteiger partial charge in [-0.2, -0.15) is 0 Å². The Labute approximate surface area is 93.5 Å². The number of aromatic hydroxyl groups is 1. The Morgan fingerprint density at radius 3 is 2.44 bits per heavy atom. The predicted octanol–water partition coefficient (Wildman–Crippen LogP) is 1.62. The smallest absolute Gasteiger partial charge is 0.277 e. The fraction of sp³-hybridized carbons (Fsp3) is 0.167. The van der Waals surface area contributed by atoms with Crippen LogP contribution in [0.15, 0.2) is 35.0 Å². The van der Waals surface area contributed by atoms with Crippen molar-refractivity contribution in [2.75, 3.05) is 7.05 Å². The summed E-state index contributed by atoms with van der Waals surface area (Å²) in [6.45, 7) is 1.79. The van der Waals surface area contributed by atoms with Gasteiger partial charge in [0.25, 0.3) is 5.91 Å². The molecule has 0 radical (unpaired) electrons. The first kappa shape index (κ1) is 10.4. The molecule has 1 aliphatic rings. The van der Waals surface area contributed by atoms with Gasteiger partial charge in [0, 0.05) is 7.05 Å². The van der Waals surface area contributed by atoms with Crippen LogP contribution in [0, 0.1) is 0 Å². The van der Waals surface area contributed by atoms with Gasteiger partial charge in [0.1, 0.15) is 17.3 Å². The molecular formula is C12H12N2O2. The lowest BCUT2D eigenvalue weighted by atomic mass is 10.2. The summed E-state index contributed by atoms with van der Waals surface area (Å²) < 4.78 is 0. The number of hydrogen-bond donors (Lipinski definition) is 1. The van der Waals surface area contributed by atoms with Crippen LogP contribution < -0.4 is 0 Å². The van der Waals surface area contributed by atoms with E-state index in [4.69, 9.17) is 5.11 Å². The lowest BCUT2D eigenvalue weighted by molar-refractivity contribution is -0.121. The lowest BCUT2D eigenvalue weighted by Gasteiger charge is -2.05. The van der Waals surface area contributed by atoms with E-state index in [2.05, 4.69) is 4.99 Å². The van der Waals surface area contributed by atoms with Gasteiger partial charge in [-0.05, 0) is 30.7 Å². The topological polar surface area (TPSA) is 52.9 Å². The number of amides is 1. The summed E-state index contributed by atoms with van der Waals surface area (Å²) in [7, 11) is 1.69. The SMILES string of the molecule is CC1=N/C(=C/c2ccc(O)cc2)C(=O)N1C. The third kappa shape index (κ3) is 1.82. The van der Waals surface area contributed by atoms with Crippen molar-refractivity contribution >= 4 is 17.8 Å². The van der Waals surface area contributed by atoms with Crippen LogP contribution in [0.4, 0.5) is 0 Å². The Bertz CT molecular complexity index is 486. The number of nitrogens with zero attached hydrogens (tertiary/aromatic N) is 2. The van der Waals surface area contributed by atoms with E-state index in [0.29, 0.717) is 11.5 Å². The molecule has 1 N–H and O–H groups in total. The molecule has 1 aromatic carbocycles. The Kier molecular flexibility index (Phi) is 2.48. The number of carbonyl (C=O) groups is 1. The molecule has 0 saturated heterocycles. The van der Waals surface area contributed by atoms with E-state index in [0.717, 1.165) is 5.56 Å². The van der Waals surface area contributed by atoms with Crippen LogP contribution in [-0.2, 0) is 4.79 Å². The number of benzene rings is 1. The molecule has 0 bridgehead atoms. The molecule has 1 heterocycles. The molecule has 0 fully saturated rings. The largest absolute Gasteiger partial charge is 0.508 e. The van der Waals surface area contributed by atoms with E-state index in [1.54, 1.807) is 44.3 Å². The summed E-state index contributed by atoms with van der Waals surface area (Å²) in [5.41, 5.74) is 1.26. The van der Waals surface area contributed by atoms with Crippen molar-refractivity contribution in [1.82, 2.24) is 4.90 Å². The molecule has 1 amide bonds. The zero-order chi connectivity index (χ0) is 11.7. The van der Waals surface area contributed by atoms with Crippen LogP contribution in [0.3, 0.4) is 0 Å². The molecule has 0 aliphatic carbocycles. The summed E-state index contributed by atoms with van der Waals surface area (Å²) in [5.74, 6) is 0.789. The normalized spacial score (nSPS) is 18.1. The average Bonchev–Trinajstić information content (AvgIpc) is 2.50. The van der Waals surface area contributed by atoms with Crippen molar-refractivity contribution in [2.45, 2.75) is 6.92 Å². The van der Waals surface area contributed by atoms with Gasteiger partial charge >= 0.3 is 0 Å². The second kappa shape index (κ2) is 3.81. The van der Waals surface area contributed by atoms with Gasteiger partial charge < -0.3 is 5.11 Å². The second-order valence-electron chi connectivity index (χ2n) is 3.64. The van der Waals surface area contributed by atoms with Crippen molar-refractivity contribution in [1.29, 1.82) is 0 Å². The van der Waals surface area contributed by atoms with Gasteiger partial charge in [0.2, 0.25) is 0 Å². The number of amidine groups is 1. The van der Waals surface area contributed by atoms with Gasteiger partial charge in [-0.3, -0.25) is 9.69 Å². The number of rotatable bonds is 1. The van der Waals surface area contributed by atoms with Crippen molar-refractivity contribution in [3.63, 3.8) is 0 Å². The first-order chi connectivity index (χ1) is 7.58. The van der Waals surface area contributed by atoms with Gasteiger partial charge in [-0.15, -0.1) is 0 Å². The van der Waals surface area contributed by atoms with E-state index in [-0.39, 0.29) is 11.7 Å². The standard InChI is InChI=1S/C12H12N2O2/c1-8-13-11(12(16)14(8)2)7-9-3-5-10(15)6-4-9/h3-7,15H,1-2H3/b11-7+. The number of hydrogen-bond acceptors (Lipinski definition) is 3. The zero-order valence-corrected chi connectivity index (χ0v) is 9.14. The minimum atomic E-state index is -0.106. The molecule has 1 aliphatic heterocycles. The van der Waals surface area contributed by atoms with Gasteiger partial charge in [-0.25, -0.2) is 4.99 Å². The minimum Gasteiger partial charge on any atom is -0.508 e. The summed E-state index contributed by atoms with van der Waals surface area (Å²) in [6.07, 6.45) is 1.70. The predicted molar refractivity (Wildman–Crippen MR) is 62.0 cm³/mol. The van der Waals surface area contributed by atoms with Crippen LogP contribution in [0.1, 0.15) is 12.5 Å². The number of aliphatic imine (C=N–C) groups is 1. The first-order valence-corrected chi connectivity index (χ1v) is 4.92. The average molecular weight is 216 g/mol. The van der Waals surface area contributed by atoms with Gasteiger partial charge in [0.15, 0.2) is 0 Å². The molecule has 0 unspecified atom stereocenters. The highest BCUT2D eigenvalue weighted by molar-refractivity contribution is 6.13. The van der Waals surface area contributed by atoms with Gasteiger partial charge in [-0.1, -0.05) is 12.1 Å². The van der Waals surface area contributed by atoms with Crippen LogP contribution in [-0.4, -0.2) is 28.8 Å². The maximum atomic E-state index is 11.7. The molecule has 0 atom stereocenters. The molecule has 4 nitrogen and oxygen atoms in total. The number of phenolic OH excluding ortho intramolecular Hbond substituents is 1. The van der Waals surface area contributed by atoms with E-state index < -0.39 is 0 Å². The van der Waals surface area contributed by atoms with Crippen LogP contribution in [0.5, 0.6) is 5.75 Å². The van der Waals surface area contributed by atoms with Gasteiger partial charge in [0.05, 0.1) is 0 Å². The fourth-order valence-electron chi connectivity index (χ4n) is 1.44. The Hall–Kier alpha value is -2.10. The lowest BCUT2D eigenvalue weighted by Crippen LogP contribution is -2.25. The summed E-state index contributed by atoms with van der Waals surface area (Å²) in [5, 5.41) is 9.13. The van der Waals surface area contributed by atoms with Crippen LogP contribution in [0.25, 0.3) is 6.08 Å². The molecule has 0 saturated carbocycles. The highest BCUT2D eigenvalue weighted by atomic mass is 16.3. The third-order valence-corrected chi connectivity index (χ3v) is 2.49. The molecule has 0 spiro atoms. The van der Waals surface area contributed by atoms with Crippen molar-refractivity contribution in [3.8, 4) is 5.75 Å². The highest BCUT2D eigenvalue weighted by Gasteiger charge is 2.23. The molecular weight excluding hydrogens is 204 g/mol.